The molecule has 0 saturated carbocycles. The second-order valence-electron chi connectivity index (χ2n) is 7.43. The number of carbonyl (C=O) groups excluding carboxylic acids is 2. The molecule has 0 atom stereocenters. The number of likely N-dealkylation sites (tertiary alicyclic amines) is 1. The molecule has 2 aromatic carbocycles. The van der Waals surface area contributed by atoms with Crippen molar-refractivity contribution < 1.29 is 18.4 Å². The van der Waals surface area contributed by atoms with E-state index in [1.54, 1.807) is 35.2 Å². The largest absolute Gasteiger partial charge is 0.356 e. The molecule has 5 nitrogen and oxygen atoms in total. The number of carbonyl (C=O) groups is 2. The Balaban J connectivity index is 1.63. The second kappa shape index (κ2) is 11.1. The van der Waals surface area contributed by atoms with Gasteiger partial charge in [0.05, 0.1) is 11.3 Å². The highest BCUT2D eigenvalue weighted by atomic mass is 32.2. The number of hydrogen-bond donors (Lipinski definition) is 2. The predicted octanol–water partition coefficient (Wildman–Crippen LogP) is 5.12. The quantitative estimate of drug-likeness (QED) is 0.551. The highest BCUT2D eigenvalue weighted by Crippen LogP contribution is 2.29. The summed E-state index contributed by atoms with van der Waals surface area (Å²) in [5.74, 6) is -2.52. The Morgan fingerprint density at radius 1 is 1.10 bits per heavy atom. The summed E-state index contributed by atoms with van der Waals surface area (Å²) in [5, 5.41) is 6.15. The summed E-state index contributed by atoms with van der Waals surface area (Å²) in [6, 6.07) is 13.9. The van der Waals surface area contributed by atoms with Crippen molar-refractivity contribution in [2.75, 3.05) is 25.0 Å². The first-order valence-electron chi connectivity index (χ1n) is 10.5. The average Bonchev–Trinajstić information content (AvgIpc) is 2.78. The molecule has 1 aliphatic heterocycles. The number of nitrogens with zero attached hydrogens (tertiary/aromatic N) is 1. The molecule has 8 heteroatoms. The Labute approximate surface area is 185 Å². The van der Waals surface area contributed by atoms with E-state index in [0.29, 0.717) is 66.1 Å². The molecule has 0 spiro atoms. The molecule has 2 amide bonds. The zero-order chi connectivity index (χ0) is 22.2. The Kier molecular flexibility index (Phi) is 8.28. The van der Waals surface area contributed by atoms with Gasteiger partial charge in [-0.15, -0.1) is 0 Å². The molecule has 31 heavy (non-hydrogen) atoms. The highest BCUT2D eigenvalue weighted by Gasteiger charge is 2.28. The first-order chi connectivity index (χ1) is 15.0. The van der Waals surface area contributed by atoms with Crippen LogP contribution in [0.5, 0.6) is 0 Å². The van der Waals surface area contributed by atoms with Crippen LogP contribution in [0.2, 0.25) is 0 Å². The van der Waals surface area contributed by atoms with Crippen LogP contribution in [0.4, 0.5) is 20.2 Å². The van der Waals surface area contributed by atoms with Gasteiger partial charge in [0.15, 0.2) is 0 Å². The molecule has 166 valence electrons. The smallest absolute Gasteiger partial charge is 0.288 e. The van der Waals surface area contributed by atoms with E-state index in [4.69, 9.17) is 0 Å². The number of thioether (sulfide) groups is 1. The van der Waals surface area contributed by atoms with Crippen molar-refractivity contribution in [3.8, 4) is 0 Å². The molecular weight excluding hydrogens is 420 g/mol. The zero-order valence-electron chi connectivity index (χ0n) is 17.4. The van der Waals surface area contributed by atoms with Gasteiger partial charge in [-0.25, -0.2) is 0 Å². The van der Waals surface area contributed by atoms with Crippen molar-refractivity contribution in [2.45, 2.75) is 36.8 Å². The van der Waals surface area contributed by atoms with Gasteiger partial charge in [-0.3, -0.25) is 9.59 Å². The summed E-state index contributed by atoms with van der Waals surface area (Å²) in [6.07, 6.45) is 2.21. The fraction of sp³-hybridized carbons (Fsp3) is 0.391. The number of anilines is 2. The van der Waals surface area contributed by atoms with Crippen LogP contribution in [-0.4, -0.2) is 42.1 Å². The number of piperidine rings is 1. The van der Waals surface area contributed by atoms with Crippen molar-refractivity contribution in [3.05, 3.63) is 54.1 Å². The maximum Gasteiger partial charge on any atom is 0.288 e. The number of benzene rings is 2. The molecule has 0 unspecified atom stereocenters. The van der Waals surface area contributed by atoms with Gasteiger partial charge in [0.2, 0.25) is 5.91 Å². The van der Waals surface area contributed by atoms with Crippen LogP contribution in [0.15, 0.2) is 53.4 Å². The van der Waals surface area contributed by atoms with E-state index in [-0.39, 0.29) is 17.7 Å². The van der Waals surface area contributed by atoms with Crippen molar-refractivity contribution >= 4 is 35.0 Å². The van der Waals surface area contributed by atoms with Gasteiger partial charge in [0.1, 0.15) is 0 Å². The van der Waals surface area contributed by atoms with E-state index in [1.165, 1.54) is 0 Å². The van der Waals surface area contributed by atoms with E-state index >= 15 is 0 Å². The molecule has 0 bridgehead atoms. The molecule has 2 N–H and O–H groups in total. The summed E-state index contributed by atoms with van der Waals surface area (Å²) in [6.45, 7) is 3.77. The van der Waals surface area contributed by atoms with Gasteiger partial charge in [-0.1, -0.05) is 30.8 Å². The van der Waals surface area contributed by atoms with Gasteiger partial charge in [0, 0.05) is 36.1 Å². The van der Waals surface area contributed by atoms with Crippen molar-refractivity contribution in [1.29, 1.82) is 0 Å². The summed E-state index contributed by atoms with van der Waals surface area (Å²) >= 11 is 0.496. The molecule has 0 aliphatic carbocycles. The van der Waals surface area contributed by atoms with Crippen LogP contribution >= 0.6 is 11.8 Å². The topological polar surface area (TPSA) is 61.4 Å². The van der Waals surface area contributed by atoms with Crippen molar-refractivity contribution in [2.24, 2.45) is 5.92 Å². The van der Waals surface area contributed by atoms with Gasteiger partial charge in [-0.05, 0) is 55.7 Å². The lowest BCUT2D eigenvalue weighted by Gasteiger charge is -2.32. The van der Waals surface area contributed by atoms with E-state index in [2.05, 4.69) is 10.6 Å². The minimum atomic E-state index is -2.46. The fourth-order valence-electron chi connectivity index (χ4n) is 3.56. The van der Waals surface area contributed by atoms with Crippen LogP contribution < -0.4 is 10.6 Å². The third-order valence-corrected chi connectivity index (χ3v) is 5.94. The maximum absolute atomic E-state index is 13.1. The van der Waals surface area contributed by atoms with Crippen molar-refractivity contribution in [3.63, 3.8) is 0 Å². The lowest BCUT2D eigenvalue weighted by Crippen LogP contribution is -2.43. The van der Waals surface area contributed by atoms with Gasteiger partial charge >= 0.3 is 0 Å². The Morgan fingerprint density at radius 3 is 2.42 bits per heavy atom. The number of hydrogen-bond acceptors (Lipinski definition) is 4. The number of halogens is 2. The Hall–Kier alpha value is -2.61. The first-order valence-corrected chi connectivity index (χ1v) is 11.3. The average molecular weight is 448 g/mol. The van der Waals surface area contributed by atoms with E-state index in [1.807, 2.05) is 25.1 Å². The van der Waals surface area contributed by atoms with Crippen molar-refractivity contribution in [1.82, 2.24) is 10.2 Å². The lowest BCUT2D eigenvalue weighted by atomic mass is 9.95. The molecule has 2 aromatic rings. The van der Waals surface area contributed by atoms with Gasteiger partial charge < -0.3 is 15.5 Å². The van der Waals surface area contributed by atoms with E-state index < -0.39 is 5.76 Å². The molecule has 3 rings (SSSR count). The minimum absolute atomic E-state index is 0.0476. The summed E-state index contributed by atoms with van der Waals surface area (Å²) in [5.41, 5.74) is 1.91. The fourth-order valence-corrected chi connectivity index (χ4v) is 4.06. The summed E-state index contributed by atoms with van der Waals surface area (Å²) in [7, 11) is 0. The first kappa shape index (κ1) is 23.1. The normalized spacial score (nSPS) is 14.5. The number of rotatable bonds is 8. The minimum Gasteiger partial charge on any atom is -0.356 e. The zero-order valence-corrected chi connectivity index (χ0v) is 18.3. The number of alkyl halides is 2. The maximum atomic E-state index is 13.1. The van der Waals surface area contributed by atoms with Crippen LogP contribution in [0.3, 0.4) is 0 Å². The third kappa shape index (κ3) is 6.43. The highest BCUT2D eigenvalue weighted by molar-refractivity contribution is 7.99. The Morgan fingerprint density at radius 2 is 1.77 bits per heavy atom. The second-order valence-corrected chi connectivity index (χ2v) is 8.49. The monoisotopic (exact) mass is 447 g/mol. The summed E-state index contributed by atoms with van der Waals surface area (Å²) in [4.78, 5) is 27.6. The predicted molar refractivity (Wildman–Crippen MR) is 120 cm³/mol. The standard InChI is InChI=1S/C23H27F2N3O2S/c1-2-13-26-21(29)16-11-14-28(15-12-16)22(30)19-5-3-4-6-20(19)27-17-7-9-18(10-8-17)31-23(24)25/h3-10,16,23,27H,2,11-15H2,1H3,(H,26,29). The summed E-state index contributed by atoms with van der Waals surface area (Å²) < 4.78 is 25.0. The Bertz CT molecular complexity index is 885. The van der Waals surface area contributed by atoms with Crippen LogP contribution in [0, 0.1) is 5.92 Å². The number of amides is 2. The van der Waals surface area contributed by atoms with Gasteiger partial charge in [0.25, 0.3) is 11.7 Å². The van der Waals surface area contributed by atoms with Crippen LogP contribution in [0.1, 0.15) is 36.5 Å². The molecular formula is C23H27F2N3O2S. The molecule has 1 aliphatic rings. The molecule has 1 saturated heterocycles. The number of nitrogens with one attached hydrogen (secondary N) is 2. The molecule has 1 fully saturated rings. The molecule has 1 heterocycles. The molecule has 0 radical (unpaired) electrons. The lowest BCUT2D eigenvalue weighted by molar-refractivity contribution is -0.126. The van der Waals surface area contributed by atoms with E-state index in [9.17, 15) is 18.4 Å². The van der Waals surface area contributed by atoms with Crippen LogP contribution in [0.25, 0.3) is 0 Å². The van der Waals surface area contributed by atoms with Crippen LogP contribution in [-0.2, 0) is 4.79 Å². The molecule has 0 aromatic heterocycles. The van der Waals surface area contributed by atoms with E-state index in [0.717, 1.165) is 6.42 Å². The number of para-hydroxylation sites is 1. The SMILES string of the molecule is CCCNC(=O)C1CCN(C(=O)c2ccccc2Nc2ccc(SC(F)F)cc2)CC1. The third-order valence-electron chi connectivity index (χ3n) is 5.22. The van der Waals surface area contributed by atoms with Gasteiger partial charge in [-0.2, -0.15) is 8.78 Å².